The molecule has 6 rings (SSSR count). The molecule has 3 aliphatic heterocycles. The number of halogens is 1. The van der Waals surface area contributed by atoms with Gasteiger partial charge in [0.15, 0.2) is 0 Å². The number of carbonyl (C=O) groups is 2. The normalized spacial score (nSPS) is 21.1. The lowest BCUT2D eigenvalue weighted by Crippen LogP contribution is -2.61. The number of pyridine rings is 2. The van der Waals surface area contributed by atoms with Gasteiger partial charge in [-0.2, -0.15) is 0 Å². The summed E-state index contributed by atoms with van der Waals surface area (Å²) in [6.07, 6.45) is -1.15. The van der Waals surface area contributed by atoms with Gasteiger partial charge in [0.25, 0.3) is 5.56 Å². The average Bonchev–Trinajstić information content (AvgIpc) is 3.21. The maximum absolute atomic E-state index is 13.6. The number of rotatable bonds is 2. The first-order valence-electron chi connectivity index (χ1n) is 11.6. The standard InChI is InChI=1S/C25H23BrN4O5/c1-2-28-6-7-29(25(33)34)22(24(28)32)16-11-35-12-17-14(16)9-20-21-13(10-30(20)23(17)31)8-15-18(26)4-3-5-19(15)27-21/h3-5,8-9,16,22H,2,6-7,10-12H2,1H3,(H,33,34)/t16-,22?/m0/s1. The van der Waals surface area contributed by atoms with E-state index >= 15 is 0 Å². The molecule has 3 aromatic rings. The molecule has 0 bridgehead atoms. The molecule has 2 atom stereocenters. The largest absolute Gasteiger partial charge is 0.465 e. The Morgan fingerprint density at radius 1 is 1.26 bits per heavy atom. The molecule has 1 fully saturated rings. The van der Waals surface area contributed by atoms with Crippen LogP contribution in [0.15, 0.2) is 39.6 Å². The Kier molecular flexibility index (Phi) is 5.19. The molecular formula is C25H23BrN4O5. The third-order valence-electron chi connectivity index (χ3n) is 7.35. The third kappa shape index (κ3) is 3.30. The maximum Gasteiger partial charge on any atom is 0.408 e. The molecular weight excluding hydrogens is 516 g/mol. The Balaban J connectivity index is 1.51. The summed E-state index contributed by atoms with van der Waals surface area (Å²) >= 11 is 3.58. The lowest BCUT2D eigenvalue weighted by molar-refractivity contribution is -0.142. The van der Waals surface area contributed by atoms with Gasteiger partial charge in [-0.1, -0.05) is 22.0 Å². The number of amides is 2. The molecule has 3 aliphatic rings. The Hall–Kier alpha value is -3.24. The van der Waals surface area contributed by atoms with Crippen LogP contribution < -0.4 is 5.56 Å². The second kappa shape index (κ2) is 8.17. The van der Waals surface area contributed by atoms with E-state index in [2.05, 4.69) is 22.0 Å². The number of piperazine rings is 1. The molecule has 35 heavy (non-hydrogen) atoms. The average molecular weight is 539 g/mol. The zero-order valence-electron chi connectivity index (χ0n) is 19.0. The highest BCUT2D eigenvalue weighted by Crippen LogP contribution is 2.39. The molecule has 0 aliphatic carbocycles. The van der Waals surface area contributed by atoms with Crippen LogP contribution in [0.1, 0.15) is 29.5 Å². The van der Waals surface area contributed by atoms with Crippen molar-refractivity contribution in [1.82, 2.24) is 19.4 Å². The fraction of sp³-hybridized carbons (Fsp3) is 0.360. The molecule has 1 saturated heterocycles. The Labute approximate surface area is 209 Å². The number of carbonyl (C=O) groups excluding carboxylic acids is 1. The van der Waals surface area contributed by atoms with Gasteiger partial charge in [0.1, 0.15) is 6.04 Å². The van der Waals surface area contributed by atoms with Gasteiger partial charge in [-0.25, -0.2) is 9.78 Å². The van der Waals surface area contributed by atoms with E-state index in [0.717, 1.165) is 26.6 Å². The number of carboxylic acid groups (broad SMARTS) is 1. The Bertz CT molecular complexity index is 1470. The van der Waals surface area contributed by atoms with Crippen LogP contribution in [-0.4, -0.2) is 68.7 Å². The summed E-state index contributed by atoms with van der Waals surface area (Å²) in [7, 11) is 0. The van der Waals surface area contributed by atoms with Crippen molar-refractivity contribution in [3.05, 3.63) is 61.8 Å². The lowest BCUT2D eigenvalue weighted by atomic mass is 9.85. The number of hydrogen-bond donors (Lipinski definition) is 1. The summed E-state index contributed by atoms with van der Waals surface area (Å²) in [5, 5.41) is 10.8. The highest BCUT2D eigenvalue weighted by Gasteiger charge is 2.45. The van der Waals surface area contributed by atoms with Crippen LogP contribution in [0.2, 0.25) is 0 Å². The number of ether oxygens (including phenoxy) is 1. The number of benzene rings is 1. The van der Waals surface area contributed by atoms with Gasteiger partial charge in [0.2, 0.25) is 5.91 Å². The number of fused-ring (bicyclic) bond motifs is 5. The molecule has 0 radical (unpaired) electrons. The van der Waals surface area contributed by atoms with Crippen LogP contribution in [-0.2, 0) is 22.7 Å². The van der Waals surface area contributed by atoms with Gasteiger partial charge in [0, 0.05) is 46.5 Å². The van der Waals surface area contributed by atoms with Crippen molar-refractivity contribution in [2.45, 2.75) is 32.0 Å². The van der Waals surface area contributed by atoms with E-state index in [-0.39, 0.29) is 31.2 Å². The summed E-state index contributed by atoms with van der Waals surface area (Å²) in [5.74, 6) is -0.827. The van der Waals surface area contributed by atoms with E-state index < -0.39 is 18.1 Å². The summed E-state index contributed by atoms with van der Waals surface area (Å²) < 4.78 is 8.41. The van der Waals surface area contributed by atoms with Crippen LogP contribution >= 0.6 is 15.9 Å². The smallest absolute Gasteiger partial charge is 0.408 e. The zero-order valence-corrected chi connectivity index (χ0v) is 20.6. The van der Waals surface area contributed by atoms with Crippen molar-refractivity contribution in [1.29, 1.82) is 0 Å². The van der Waals surface area contributed by atoms with E-state index in [4.69, 9.17) is 9.72 Å². The molecule has 5 heterocycles. The molecule has 180 valence electrons. The molecule has 10 heteroatoms. The summed E-state index contributed by atoms with van der Waals surface area (Å²) in [4.78, 5) is 46.7. The summed E-state index contributed by atoms with van der Waals surface area (Å²) in [5.41, 5.74) is 4.17. The van der Waals surface area contributed by atoms with Gasteiger partial charge >= 0.3 is 6.09 Å². The van der Waals surface area contributed by atoms with Gasteiger partial charge in [-0.15, -0.1) is 0 Å². The van der Waals surface area contributed by atoms with E-state index in [1.54, 1.807) is 9.47 Å². The highest BCUT2D eigenvalue weighted by atomic mass is 79.9. The topological polar surface area (TPSA) is 105 Å². The minimum absolute atomic E-state index is 0.133. The predicted molar refractivity (Wildman–Crippen MR) is 131 cm³/mol. The van der Waals surface area contributed by atoms with Crippen LogP contribution in [0.4, 0.5) is 4.79 Å². The monoisotopic (exact) mass is 538 g/mol. The molecule has 1 unspecified atom stereocenters. The SMILES string of the molecule is CCN1CCN(C(=O)O)C([C@H]2COCc3c2cc2n(c3=O)Cc3cc4c(Br)cccc4nc3-2)C1=O. The van der Waals surface area contributed by atoms with Crippen molar-refractivity contribution < 1.29 is 19.4 Å². The summed E-state index contributed by atoms with van der Waals surface area (Å²) in [6, 6.07) is 8.84. The van der Waals surface area contributed by atoms with Crippen molar-refractivity contribution in [2.75, 3.05) is 26.2 Å². The van der Waals surface area contributed by atoms with Crippen LogP contribution in [0, 0.1) is 0 Å². The van der Waals surface area contributed by atoms with E-state index in [0.29, 0.717) is 36.5 Å². The number of likely N-dealkylation sites (N-methyl/N-ethyl adjacent to an activating group) is 1. The van der Waals surface area contributed by atoms with E-state index in [1.807, 2.05) is 31.2 Å². The first-order valence-corrected chi connectivity index (χ1v) is 12.4. The van der Waals surface area contributed by atoms with Gasteiger partial charge in [-0.05, 0) is 36.8 Å². The minimum Gasteiger partial charge on any atom is -0.465 e. The number of hydrogen-bond acceptors (Lipinski definition) is 5. The fourth-order valence-electron chi connectivity index (χ4n) is 5.61. The molecule has 1 aromatic carbocycles. The van der Waals surface area contributed by atoms with Crippen molar-refractivity contribution in [3.8, 4) is 11.4 Å². The minimum atomic E-state index is -1.15. The van der Waals surface area contributed by atoms with Crippen molar-refractivity contribution in [3.63, 3.8) is 0 Å². The Morgan fingerprint density at radius 2 is 2.09 bits per heavy atom. The fourth-order valence-corrected chi connectivity index (χ4v) is 6.08. The first kappa shape index (κ1) is 22.2. The van der Waals surface area contributed by atoms with Crippen LogP contribution in [0.25, 0.3) is 22.3 Å². The highest BCUT2D eigenvalue weighted by molar-refractivity contribution is 9.10. The molecule has 0 saturated carbocycles. The van der Waals surface area contributed by atoms with Crippen molar-refractivity contribution in [2.24, 2.45) is 0 Å². The predicted octanol–water partition coefficient (Wildman–Crippen LogP) is 3.01. The third-order valence-corrected chi connectivity index (χ3v) is 8.05. The van der Waals surface area contributed by atoms with Gasteiger partial charge in [-0.3, -0.25) is 14.5 Å². The van der Waals surface area contributed by atoms with E-state index in [1.165, 1.54) is 4.90 Å². The van der Waals surface area contributed by atoms with Gasteiger partial charge in [0.05, 0.1) is 36.7 Å². The number of nitrogens with zero attached hydrogens (tertiary/aromatic N) is 4. The van der Waals surface area contributed by atoms with Gasteiger partial charge < -0.3 is 19.3 Å². The number of aromatic nitrogens is 2. The second-order valence-electron chi connectivity index (χ2n) is 9.12. The molecule has 0 spiro atoms. The molecule has 2 aromatic heterocycles. The van der Waals surface area contributed by atoms with Crippen LogP contribution in [0.3, 0.4) is 0 Å². The molecule has 2 amide bonds. The van der Waals surface area contributed by atoms with Crippen molar-refractivity contribution >= 4 is 38.8 Å². The first-order chi connectivity index (χ1) is 16.9. The maximum atomic E-state index is 13.6. The molecule has 1 N–H and O–H groups in total. The Morgan fingerprint density at radius 3 is 2.86 bits per heavy atom. The summed E-state index contributed by atoms with van der Waals surface area (Å²) in [6.45, 7) is 3.65. The van der Waals surface area contributed by atoms with Crippen LogP contribution in [0.5, 0.6) is 0 Å². The quantitative estimate of drug-likeness (QED) is 0.420. The lowest BCUT2D eigenvalue weighted by Gasteiger charge is -2.43. The second-order valence-corrected chi connectivity index (χ2v) is 9.97. The van der Waals surface area contributed by atoms with E-state index in [9.17, 15) is 19.5 Å². The molecule has 9 nitrogen and oxygen atoms in total. The zero-order chi connectivity index (χ0) is 24.4.